The van der Waals surface area contributed by atoms with E-state index in [2.05, 4.69) is 15.9 Å². The average Bonchev–Trinajstić information content (AvgIpc) is 2.46. The third-order valence-electron chi connectivity index (χ3n) is 3.28. The molecule has 0 saturated carbocycles. The maximum absolute atomic E-state index is 12.8. The van der Waals surface area contributed by atoms with Gasteiger partial charge in [0, 0.05) is 12.1 Å². The SMILES string of the molecule is COc1ccc(S(=O)(=O)N(C)c2ccc(Cl)cc2C)cc1Br. The summed E-state index contributed by atoms with van der Waals surface area (Å²) in [6, 6.07) is 9.73. The van der Waals surface area contributed by atoms with E-state index in [1.807, 2.05) is 6.92 Å². The molecule has 0 saturated heterocycles. The number of rotatable bonds is 4. The number of aryl methyl sites for hydroxylation is 1. The first-order valence-electron chi connectivity index (χ1n) is 6.36. The largest absolute Gasteiger partial charge is 0.496 e. The van der Waals surface area contributed by atoms with Crippen LogP contribution in [0.3, 0.4) is 0 Å². The number of hydrogen-bond acceptors (Lipinski definition) is 3. The summed E-state index contributed by atoms with van der Waals surface area (Å²) < 4.78 is 32.4. The number of anilines is 1. The Morgan fingerprint density at radius 3 is 2.41 bits per heavy atom. The van der Waals surface area contributed by atoms with Crippen LogP contribution in [-0.2, 0) is 10.0 Å². The van der Waals surface area contributed by atoms with Crippen molar-refractivity contribution < 1.29 is 13.2 Å². The van der Waals surface area contributed by atoms with Gasteiger partial charge in [-0.2, -0.15) is 0 Å². The molecule has 118 valence electrons. The van der Waals surface area contributed by atoms with Crippen LogP contribution in [0.2, 0.25) is 5.02 Å². The van der Waals surface area contributed by atoms with Crippen LogP contribution in [0.4, 0.5) is 5.69 Å². The quantitative estimate of drug-likeness (QED) is 0.765. The maximum atomic E-state index is 12.8. The summed E-state index contributed by atoms with van der Waals surface area (Å²) in [7, 11) is -0.627. The molecule has 2 aromatic carbocycles. The second-order valence-corrected chi connectivity index (χ2v) is 7.96. The van der Waals surface area contributed by atoms with Crippen LogP contribution in [0.5, 0.6) is 5.75 Å². The van der Waals surface area contributed by atoms with Gasteiger partial charge in [-0.25, -0.2) is 8.42 Å². The topological polar surface area (TPSA) is 46.6 Å². The van der Waals surface area contributed by atoms with Gasteiger partial charge in [0.05, 0.1) is 22.2 Å². The van der Waals surface area contributed by atoms with Gasteiger partial charge in [-0.3, -0.25) is 4.31 Å². The van der Waals surface area contributed by atoms with E-state index in [-0.39, 0.29) is 4.90 Å². The van der Waals surface area contributed by atoms with Crippen LogP contribution in [0.1, 0.15) is 5.56 Å². The van der Waals surface area contributed by atoms with Crippen molar-refractivity contribution in [3.63, 3.8) is 0 Å². The van der Waals surface area contributed by atoms with E-state index < -0.39 is 10.0 Å². The van der Waals surface area contributed by atoms with Crippen LogP contribution in [-0.4, -0.2) is 22.6 Å². The van der Waals surface area contributed by atoms with E-state index in [1.54, 1.807) is 24.3 Å². The summed E-state index contributed by atoms with van der Waals surface area (Å²) in [4.78, 5) is 0.178. The summed E-state index contributed by atoms with van der Waals surface area (Å²) in [6.45, 7) is 1.82. The van der Waals surface area contributed by atoms with Crippen LogP contribution in [0.15, 0.2) is 45.8 Å². The Morgan fingerprint density at radius 2 is 1.86 bits per heavy atom. The Hall–Kier alpha value is -1.24. The minimum atomic E-state index is -3.67. The molecule has 0 unspecified atom stereocenters. The third kappa shape index (κ3) is 3.24. The maximum Gasteiger partial charge on any atom is 0.264 e. The predicted molar refractivity (Wildman–Crippen MR) is 92.5 cm³/mol. The van der Waals surface area contributed by atoms with E-state index in [4.69, 9.17) is 16.3 Å². The zero-order valence-corrected chi connectivity index (χ0v) is 15.5. The molecule has 0 radical (unpaired) electrons. The molecule has 2 aromatic rings. The molecule has 0 aliphatic rings. The molecule has 2 rings (SSSR count). The minimum absolute atomic E-state index is 0.178. The van der Waals surface area contributed by atoms with Crippen molar-refractivity contribution >= 4 is 43.2 Å². The summed E-state index contributed by atoms with van der Waals surface area (Å²) in [6.07, 6.45) is 0. The van der Waals surface area contributed by atoms with Crippen molar-refractivity contribution in [3.8, 4) is 5.75 Å². The third-order valence-corrected chi connectivity index (χ3v) is 5.90. The van der Waals surface area contributed by atoms with Gasteiger partial charge in [-0.05, 0) is 64.8 Å². The second kappa shape index (κ2) is 6.48. The summed E-state index contributed by atoms with van der Waals surface area (Å²) in [5.41, 5.74) is 1.36. The number of hydrogen-bond donors (Lipinski definition) is 0. The molecule has 0 N–H and O–H groups in total. The van der Waals surface area contributed by atoms with Crippen molar-refractivity contribution in [2.45, 2.75) is 11.8 Å². The number of benzene rings is 2. The molecule has 0 fully saturated rings. The number of nitrogens with zero attached hydrogens (tertiary/aromatic N) is 1. The Kier molecular flexibility index (Phi) is 5.04. The fourth-order valence-corrected chi connectivity index (χ4v) is 4.27. The molecule has 0 aromatic heterocycles. The lowest BCUT2D eigenvalue weighted by molar-refractivity contribution is 0.411. The molecule has 7 heteroatoms. The van der Waals surface area contributed by atoms with Crippen LogP contribution >= 0.6 is 27.5 Å². The van der Waals surface area contributed by atoms with Crippen molar-refractivity contribution in [1.29, 1.82) is 0 Å². The average molecular weight is 405 g/mol. The molecular weight excluding hydrogens is 390 g/mol. The molecule has 22 heavy (non-hydrogen) atoms. The molecule has 0 aliphatic heterocycles. The number of halogens is 2. The first kappa shape index (κ1) is 17.1. The van der Waals surface area contributed by atoms with E-state index in [1.165, 1.54) is 30.6 Å². The van der Waals surface area contributed by atoms with Gasteiger partial charge < -0.3 is 4.74 Å². The first-order chi connectivity index (χ1) is 10.3. The first-order valence-corrected chi connectivity index (χ1v) is 8.97. The van der Waals surface area contributed by atoms with E-state index in [0.29, 0.717) is 20.9 Å². The fourth-order valence-electron chi connectivity index (χ4n) is 2.07. The van der Waals surface area contributed by atoms with Crippen molar-refractivity contribution in [2.24, 2.45) is 0 Å². The van der Waals surface area contributed by atoms with Gasteiger partial charge in [0.2, 0.25) is 0 Å². The van der Waals surface area contributed by atoms with E-state index >= 15 is 0 Å². The monoisotopic (exact) mass is 403 g/mol. The molecule has 4 nitrogen and oxygen atoms in total. The summed E-state index contributed by atoms with van der Waals surface area (Å²) in [5, 5.41) is 0.569. The van der Waals surface area contributed by atoms with Crippen molar-refractivity contribution in [3.05, 3.63) is 51.5 Å². The zero-order valence-electron chi connectivity index (χ0n) is 12.3. The van der Waals surface area contributed by atoms with Gasteiger partial charge in [-0.1, -0.05) is 11.6 Å². The molecule has 0 amide bonds. The Balaban J connectivity index is 2.47. The summed E-state index contributed by atoms with van der Waals surface area (Å²) >= 11 is 9.22. The van der Waals surface area contributed by atoms with E-state index in [9.17, 15) is 8.42 Å². The van der Waals surface area contributed by atoms with Gasteiger partial charge in [0.25, 0.3) is 10.0 Å². The predicted octanol–water partition coefficient (Wildman–Crippen LogP) is 4.24. The number of methoxy groups -OCH3 is 1. The van der Waals surface area contributed by atoms with E-state index in [0.717, 1.165) is 5.56 Å². The lowest BCUT2D eigenvalue weighted by Gasteiger charge is -2.22. The Bertz CT molecular complexity index is 808. The lowest BCUT2D eigenvalue weighted by Crippen LogP contribution is -2.27. The van der Waals surface area contributed by atoms with Gasteiger partial charge in [-0.15, -0.1) is 0 Å². The smallest absolute Gasteiger partial charge is 0.264 e. The van der Waals surface area contributed by atoms with Crippen molar-refractivity contribution in [1.82, 2.24) is 0 Å². The van der Waals surface area contributed by atoms with Gasteiger partial charge in [0.1, 0.15) is 5.75 Å². The molecule has 0 atom stereocenters. The number of sulfonamides is 1. The zero-order chi connectivity index (χ0) is 16.5. The normalized spacial score (nSPS) is 11.3. The standard InChI is InChI=1S/C15H15BrClNO3S/c1-10-8-11(17)4-6-14(10)18(2)22(19,20)12-5-7-15(21-3)13(16)9-12/h4-9H,1-3H3. The second-order valence-electron chi connectivity index (χ2n) is 4.70. The molecular formula is C15H15BrClNO3S. The van der Waals surface area contributed by atoms with Crippen molar-refractivity contribution in [2.75, 3.05) is 18.5 Å². The fraction of sp³-hybridized carbons (Fsp3) is 0.200. The highest BCUT2D eigenvalue weighted by Crippen LogP contribution is 2.31. The highest BCUT2D eigenvalue weighted by atomic mass is 79.9. The van der Waals surface area contributed by atoms with Crippen LogP contribution < -0.4 is 9.04 Å². The lowest BCUT2D eigenvalue weighted by atomic mass is 10.2. The highest BCUT2D eigenvalue weighted by molar-refractivity contribution is 9.10. The molecule has 0 spiro atoms. The van der Waals surface area contributed by atoms with Crippen LogP contribution in [0.25, 0.3) is 0 Å². The van der Waals surface area contributed by atoms with Crippen LogP contribution in [0, 0.1) is 6.92 Å². The summed E-state index contributed by atoms with van der Waals surface area (Å²) in [5.74, 6) is 0.573. The van der Waals surface area contributed by atoms with Gasteiger partial charge in [0.15, 0.2) is 0 Å². The molecule has 0 bridgehead atoms. The number of ether oxygens (including phenoxy) is 1. The van der Waals surface area contributed by atoms with Gasteiger partial charge >= 0.3 is 0 Å². The Labute approximate surface area is 143 Å². The highest BCUT2D eigenvalue weighted by Gasteiger charge is 2.23. The molecule has 0 heterocycles. The Morgan fingerprint density at radius 1 is 1.18 bits per heavy atom. The molecule has 0 aliphatic carbocycles. The minimum Gasteiger partial charge on any atom is -0.496 e.